The van der Waals surface area contributed by atoms with Gasteiger partial charge in [-0.3, -0.25) is 9.48 Å². The summed E-state index contributed by atoms with van der Waals surface area (Å²) in [6.07, 6.45) is 0. The van der Waals surface area contributed by atoms with Gasteiger partial charge in [-0.25, -0.2) is 0 Å². The molecule has 0 aliphatic carbocycles. The number of carbonyl (C=O) groups excluding carboxylic acids is 1. The molecule has 1 amide bonds. The summed E-state index contributed by atoms with van der Waals surface area (Å²) in [4.78, 5) is 12.7. The summed E-state index contributed by atoms with van der Waals surface area (Å²) in [5.41, 5.74) is 4.99. The average molecular weight is 330 g/mol. The SMILES string of the molecule is Cc1nn(C)c(C)c1CNC(=O)c1cc2sccc2n1C(C)C. The molecule has 0 aromatic carbocycles. The lowest BCUT2D eigenvalue weighted by atomic mass is 10.2. The van der Waals surface area contributed by atoms with Gasteiger partial charge in [0.2, 0.25) is 0 Å². The summed E-state index contributed by atoms with van der Waals surface area (Å²) < 4.78 is 5.10. The van der Waals surface area contributed by atoms with Crippen molar-refractivity contribution in [3.8, 4) is 0 Å². The first-order chi connectivity index (χ1) is 10.9. The van der Waals surface area contributed by atoms with E-state index in [1.807, 2.05) is 31.6 Å². The highest BCUT2D eigenvalue weighted by molar-refractivity contribution is 7.17. The summed E-state index contributed by atoms with van der Waals surface area (Å²) >= 11 is 1.67. The van der Waals surface area contributed by atoms with Gasteiger partial charge in [-0.05, 0) is 45.2 Å². The maximum atomic E-state index is 12.7. The second-order valence-electron chi connectivity index (χ2n) is 6.12. The van der Waals surface area contributed by atoms with Crippen molar-refractivity contribution < 1.29 is 4.79 Å². The third-order valence-corrected chi connectivity index (χ3v) is 5.15. The molecular formula is C17H22N4OS. The molecule has 1 N–H and O–H groups in total. The standard InChI is InChI=1S/C17H22N4OS/c1-10(2)21-14-6-7-23-16(14)8-15(21)17(22)18-9-13-11(3)19-20(5)12(13)4/h6-8,10H,9H2,1-5H3,(H,18,22). The van der Waals surface area contributed by atoms with Gasteiger partial charge in [0.1, 0.15) is 5.69 Å². The molecule has 6 heteroatoms. The van der Waals surface area contributed by atoms with Crippen LogP contribution in [0, 0.1) is 13.8 Å². The van der Waals surface area contributed by atoms with Gasteiger partial charge in [0.15, 0.2) is 0 Å². The van der Waals surface area contributed by atoms with Gasteiger partial charge in [-0.1, -0.05) is 0 Å². The van der Waals surface area contributed by atoms with Gasteiger partial charge in [0.25, 0.3) is 5.91 Å². The maximum Gasteiger partial charge on any atom is 0.268 e. The molecule has 0 bridgehead atoms. The van der Waals surface area contributed by atoms with Gasteiger partial charge >= 0.3 is 0 Å². The summed E-state index contributed by atoms with van der Waals surface area (Å²) in [5, 5.41) is 9.51. The Hall–Kier alpha value is -2.08. The lowest BCUT2D eigenvalue weighted by molar-refractivity contribution is 0.0940. The normalized spacial score (nSPS) is 11.6. The van der Waals surface area contributed by atoms with Gasteiger partial charge in [0, 0.05) is 30.9 Å². The molecule has 0 atom stereocenters. The third-order valence-electron chi connectivity index (χ3n) is 4.29. The van der Waals surface area contributed by atoms with Crippen LogP contribution in [0.4, 0.5) is 0 Å². The van der Waals surface area contributed by atoms with Crippen molar-refractivity contribution >= 4 is 27.5 Å². The Morgan fingerprint density at radius 2 is 2.13 bits per heavy atom. The van der Waals surface area contributed by atoms with Crippen molar-refractivity contribution in [1.82, 2.24) is 19.7 Å². The third kappa shape index (κ3) is 2.67. The lowest BCUT2D eigenvalue weighted by Crippen LogP contribution is -2.26. The van der Waals surface area contributed by atoms with Crippen molar-refractivity contribution in [2.24, 2.45) is 7.05 Å². The Bertz CT molecular complexity index is 869. The zero-order chi connectivity index (χ0) is 16.7. The largest absolute Gasteiger partial charge is 0.347 e. The number of amides is 1. The van der Waals surface area contributed by atoms with E-state index in [1.54, 1.807) is 11.3 Å². The molecule has 0 fully saturated rings. The zero-order valence-electron chi connectivity index (χ0n) is 14.2. The predicted molar refractivity (Wildman–Crippen MR) is 94.1 cm³/mol. The van der Waals surface area contributed by atoms with E-state index < -0.39 is 0 Å². The first kappa shape index (κ1) is 15.8. The van der Waals surface area contributed by atoms with Crippen LogP contribution in [0.5, 0.6) is 0 Å². The van der Waals surface area contributed by atoms with Crippen LogP contribution in [-0.2, 0) is 13.6 Å². The fourth-order valence-corrected chi connectivity index (χ4v) is 3.82. The van der Waals surface area contributed by atoms with E-state index in [0.717, 1.165) is 32.9 Å². The molecule has 5 nitrogen and oxygen atoms in total. The van der Waals surface area contributed by atoms with E-state index in [0.29, 0.717) is 6.54 Å². The van der Waals surface area contributed by atoms with E-state index in [-0.39, 0.29) is 11.9 Å². The predicted octanol–water partition coefficient (Wildman–Crippen LogP) is 3.56. The average Bonchev–Trinajstić information content (AvgIpc) is 3.11. The number of aryl methyl sites for hydroxylation is 2. The number of carbonyl (C=O) groups is 1. The molecule has 0 spiro atoms. The van der Waals surface area contributed by atoms with Crippen LogP contribution in [0.1, 0.15) is 47.3 Å². The molecule has 0 aliphatic rings. The summed E-state index contributed by atoms with van der Waals surface area (Å²) in [7, 11) is 1.92. The van der Waals surface area contributed by atoms with E-state index in [9.17, 15) is 4.79 Å². The highest BCUT2D eigenvalue weighted by Gasteiger charge is 2.19. The first-order valence-electron chi connectivity index (χ1n) is 7.75. The summed E-state index contributed by atoms with van der Waals surface area (Å²) in [5.74, 6) is -0.0373. The molecule has 3 heterocycles. The van der Waals surface area contributed by atoms with E-state index >= 15 is 0 Å². The van der Waals surface area contributed by atoms with E-state index in [2.05, 4.69) is 40.3 Å². The summed E-state index contributed by atoms with van der Waals surface area (Å²) in [6.45, 7) is 8.70. The van der Waals surface area contributed by atoms with Gasteiger partial charge in [0.05, 0.1) is 15.9 Å². The van der Waals surface area contributed by atoms with Crippen molar-refractivity contribution in [2.75, 3.05) is 0 Å². The molecule has 0 aliphatic heterocycles. The van der Waals surface area contributed by atoms with Crippen LogP contribution in [-0.4, -0.2) is 20.3 Å². The number of fused-ring (bicyclic) bond motifs is 1. The second-order valence-corrected chi connectivity index (χ2v) is 7.07. The first-order valence-corrected chi connectivity index (χ1v) is 8.63. The molecule has 3 rings (SSSR count). The van der Waals surface area contributed by atoms with E-state index in [4.69, 9.17) is 0 Å². The number of aromatic nitrogens is 3. The summed E-state index contributed by atoms with van der Waals surface area (Å²) in [6, 6.07) is 4.30. The quantitative estimate of drug-likeness (QED) is 0.795. The minimum Gasteiger partial charge on any atom is -0.347 e. The molecular weight excluding hydrogens is 308 g/mol. The minimum atomic E-state index is -0.0373. The highest BCUT2D eigenvalue weighted by Crippen LogP contribution is 2.28. The highest BCUT2D eigenvalue weighted by atomic mass is 32.1. The molecule has 23 heavy (non-hydrogen) atoms. The van der Waals surface area contributed by atoms with E-state index in [1.165, 1.54) is 0 Å². The number of rotatable bonds is 4. The molecule has 0 unspecified atom stereocenters. The van der Waals surface area contributed by atoms with Gasteiger partial charge in [-0.2, -0.15) is 5.10 Å². The number of nitrogens with zero attached hydrogens (tertiary/aromatic N) is 3. The molecule has 0 radical (unpaired) electrons. The van der Waals surface area contributed by atoms with Crippen LogP contribution in [0.25, 0.3) is 10.2 Å². The van der Waals surface area contributed by atoms with Gasteiger partial charge in [-0.15, -0.1) is 11.3 Å². The molecule has 3 aromatic rings. The Labute approximate surface area is 139 Å². The monoisotopic (exact) mass is 330 g/mol. The fourth-order valence-electron chi connectivity index (χ4n) is 3.01. The van der Waals surface area contributed by atoms with Crippen LogP contribution in [0.3, 0.4) is 0 Å². The smallest absolute Gasteiger partial charge is 0.268 e. The number of thiophene rings is 1. The van der Waals surface area contributed by atoms with Crippen molar-refractivity contribution in [2.45, 2.75) is 40.3 Å². The number of hydrogen-bond donors (Lipinski definition) is 1. The molecule has 122 valence electrons. The fraction of sp³-hybridized carbons (Fsp3) is 0.412. The lowest BCUT2D eigenvalue weighted by Gasteiger charge is -2.14. The Balaban J connectivity index is 1.86. The van der Waals surface area contributed by atoms with Gasteiger partial charge < -0.3 is 9.88 Å². The Kier molecular flexibility index (Phi) is 4.02. The van der Waals surface area contributed by atoms with Crippen molar-refractivity contribution in [1.29, 1.82) is 0 Å². The maximum absolute atomic E-state index is 12.7. The van der Waals surface area contributed by atoms with Crippen LogP contribution in [0.15, 0.2) is 17.5 Å². The van der Waals surface area contributed by atoms with Crippen LogP contribution >= 0.6 is 11.3 Å². The van der Waals surface area contributed by atoms with Crippen LogP contribution in [0.2, 0.25) is 0 Å². The number of nitrogens with one attached hydrogen (secondary N) is 1. The Morgan fingerprint density at radius 3 is 2.74 bits per heavy atom. The topological polar surface area (TPSA) is 51.9 Å². The Morgan fingerprint density at radius 1 is 1.39 bits per heavy atom. The van der Waals surface area contributed by atoms with Crippen molar-refractivity contribution in [3.05, 3.63) is 40.2 Å². The second kappa shape index (κ2) is 5.85. The minimum absolute atomic E-state index is 0.0373. The molecule has 0 saturated carbocycles. The van der Waals surface area contributed by atoms with Crippen LogP contribution < -0.4 is 5.32 Å². The van der Waals surface area contributed by atoms with Crippen molar-refractivity contribution in [3.63, 3.8) is 0 Å². The number of hydrogen-bond acceptors (Lipinski definition) is 3. The molecule has 0 saturated heterocycles. The zero-order valence-corrected chi connectivity index (χ0v) is 15.0. The molecule has 3 aromatic heterocycles.